The third-order valence-electron chi connectivity index (χ3n) is 6.43. The second-order valence-corrected chi connectivity index (χ2v) is 8.86. The Morgan fingerprint density at radius 1 is 1.23 bits per heavy atom. The van der Waals surface area contributed by atoms with Crippen molar-refractivity contribution in [2.24, 2.45) is 10.9 Å². The Balaban J connectivity index is 1.48. The number of likely N-dealkylation sites (tertiary alicyclic amines) is 1. The van der Waals surface area contributed by atoms with Crippen LogP contribution in [0, 0.1) is 5.92 Å². The highest BCUT2D eigenvalue weighted by atomic mass is 16.2. The summed E-state index contributed by atoms with van der Waals surface area (Å²) in [5.74, 6) is 1.50. The predicted molar refractivity (Wildman–Crippen MR) is 123 cm³/mol. The van der Waals surface area contributed by atoms with Crippen LogP contribution in [-0.2, 0) is 11.3 Å². The average molecular weight is 414 g/mol. The van der Waals surface area contributed by atoms with Gasteiger partial charge in [0.1, 0.15) is 0 Å². The number of rotatable bonds is 8. The molecule has 0 radical (unpaired) electrons. The number of carbonyl (C=O) groups excluding carboxylic acids is 1. The van der Waals surface area contributed by atoms with Gasteiger partial charge in [0.2, 0.25) is 5.91 Å². The van der Waals surface area contributed by atoms with Crippen LogP contribution in [0.25, 0.3) is 0 Å². The second kappa shape index (κ2) is 11.3. The number of nitrogens with zero attached hydrogens (tertiary/aromatic N) is 3. The molecule has 1 aromatic rings. The van der Waals surface area contributed by atoms with E-state index >= 15 is 0 Å². The van der Waals surface area contributed by atoms with Gasteiger partial charge in [-0.1, -0.05) is 43.2 Å². The zero-order valence-electron chi connectivity index (χ0n) is 18.9. The van der Waals surface area contributed by atoms with Crippen LogP contribution in [0.15, 0.2) is 35.3 Å². The summed E-state index contributed by atoms with van der Waals surface area (Å²) in [6, 6.07) is 11.2. The van der Waals surface area contributed by atoms with Crippen LogP contribution in [0.2, 0.25) is 0 Å². The third-order valence-corrected chi connectivity index (χ3v) is 6.43. The molecule has 1 aromatic carbocycles. The van der Waals surface area contributed by atoms with Crippen LogP contribution in [0.4, 0.5) is 0 Å². The molecule has 1 amide bonds. The Labute approximate surface area is 182 Å². The van der Waals surface area contributed by atoms with E-state index in [2.05, 4.69) is 71.7 Å². The number of hydrogen-bond acceptors (Lipinski definition) is 3. The molecule has 0 bridgehead atoms. The molecule has 1 heterocycles. The van der Waals surface area contributed by atoms with E-state index in [1.165, 1.54) is 18.4 Å². The number of carbonyl (C=O) groups is 1. The molecule has 2 aliphatic rings. The zero-order chi connectivity index (χ0) is 21.3. The van der Waals surface area contributed by atoms with Gasteiger partial charge in [-0.05, 0) is 45.7 Å². The van der Waals surface area contributed by atoms with Gasteiger partial charge in [0.05, 0.1) is 6.54 Å². The van der Waals surface area contributed by atoms with Crippen molar-refractivity contribution in [3.63, 3.8) is 0 Å². The van der Waals surface area contributed by atoms with Crippen LogP contribution >= 0.6 is 0 Å². The second-order valence-electron chi connectivity index (χ2n) is 8.86. The normalized spacial score (nSPS) is 21.3. The molecule has 1 aliphatic carbocycles. The van der Waals surface area contributed by atoms with Gasteiger partial charge in [-0.25, -0.2) is 0 Å². The summed E-state index contributed by atoms with van der Waals surface area (Å²) < 4.78 is 0. The van der Waals surface area contributed by atoms with Gasteiger partial charge in [-0.3, -0.25) is 14.7 Å². The Hall–Kier alpha value is -2.08. The van der Waals surface area contributed by atoms with Crippen LogP contribution in [0.5, 0.6) is 0 Å². The molecule has 1 aliphatic heterocycles. The monoisotopic (exact) mass is 413 g/mol. The molecule has 1 saturated carbocycles. The van der Waals surface area contributed by atoms with E-state index < -0.39 is 0 Å². The summed E-state index contributed by atoms with van der Waals surface area (Å²) in [5.41, 5.74) is 1.32. The van der Waals surface area contributed by atoms with Crippen molar-refractivity contribution in [1.82, 2.24) is 20.4 Å². The van der Waals surface area contributed by atoms with E-state index in [0.29, 0.717) is 11.9 Å². The number of nitrogens with one attached hydrogen (secondary N) is 2. The number of likely N-dealkylation sites (N-methyl/N-ethyl adjacent to an activating group) is 1. The standard InChI is InChI=1S/C24H39N5O/c1-4-25-24(26-16-19(2)28(3)17-20-10-6-5-7-11-20)27-22-14-15-29(18-22)23(30)21-12-8-9-13-21/h5-7,10-11,19,21-22H,4,8-9,12-18H2,1-3H3,(H2,25,26,27). The Morgan fingerprint density at radius 2 is 1.97 bits per heavy atom. The summed E-state index contributed by atoms with van der Waals surface area (Å²) in [6.45, 7) is 8.45. The van der Waals surface area contributed by atoms with Crippen molar-refractivity contribution in [2.75, 3.05) is 33.2 Å². The topological polar surface area (TPSA) is 60.0 Å². The van der Waals surface area contributed by atoms with E-state index in [-0.39, 0.29) is 12.0 Å². The van der Waals surface area contributed by atoms with Crippen molar-refractivity contribution >= 4 is 11.9 Å². The van der Waals surface area contributed by atoms with Crippen LogP contribution < -0.4 is 10.6 Å². The lowest BCUT2D eigenvalue weighted by Crippen LogP contribution is -2.46. The Morgan fingerprint density at radius 3 is 2.67 bits per heavy atom. The number of amides is 1. The highest BCUT2D eigenvalue weighted by molar-refractivity contribution is 5.81. The molecule has 0 spiro atoms. The van der Waals surface area contributed by atoms with Crippen LogP contribution in [-0.4, -0.2) is 67.0 Å². The quantitative estimate of drug-likeness (QED) is 0.508. The van der Waals surface area contributed by atoms with Gasteiger partial charge in [-0.15, -0.1) is 0 Å². The largest absolute Gasteiger partial charge is 0.357 e. The van der Waals surface area contributed by atoms with Gasteiger partial charge in [0.25, 0.3) is 0 Å². The molecule has 2 atom stereocenters. The van der Waals surface area contributed by atoms with Crippen LogP contribution in [0.1, 0.15) is 51.5 Å². The van der Waals surface area contributed by atoms with Gasteiger partial charge in [0.15, 0.2) is 5.96 Å². The maximum Gasteiger partial charge on any atom is 0.225 e. The fraction of sp³-hybridized carbons (Fsp3) is 0.667. The van der Waals surface area contributed by atoms with Gasteiger partial charge < -0.3 is 15.5 Å². The summed E-state index contributed by atoms with van der Waals surface area (Å²) in [7, 11) is 2.15. The minimum atomic E-state index is 0.270. The molecular formula is C24H39N5O. The maximum atomic E-state index is 12.7. The van der Waals surface area contributed by atoms with Crippen molar-refractivity contribution in [3.8, 4) is 0 Å². The SMILES string of the molecule is CCNC(=NCC(C)N(C)Cc1ccccc1)NC1CCN(C(=O)C2CCCC2)C1. The fourth-order valence-electron chi connectivity index (χ4n) is 4.41. The predicted octanol–water partition coefficient (Wildman–Crippen LogP) is 2.85. The highest BCUT2D eigenvalue weighted by Crippen LogP contribution is 2.27. The molecule has 3 rings (SSSR count). The molecular weight excluding hydrogens is 374 g/mol. The molecule has 2 fully saturated rings. The number of hydrogen-bond donors (Lipinski definition) is 2. The summed E-state index contributed by atoms with van der Waals surface area (Å²) in [4.78, 5) is 21.9. The van der Waals surface area contributed by atoms with Crippen LogP contribution in [0.3, 0.4) is 0 Å². The fourth-order valence-corrected chi connectivity index (χ4v) is 4.41. The molecule has 6 heteroatoms. The first-order valence-corrected chi connectivity index (χ1v) is 11.6. The molecule has 0 aromatic heterocycles. The molecule has 1 saturated heterocycles. The summed E-state index contributed by atoms with van der Waals surface area (Å²) in [5, 5.41) is 6.93. The van der Waals surface area contributed by atoms with Crippen molar-refractivity contribution in [1.29, 1.82) is 0 Å². The average Bonchev–Trinajstić information content (AvgIpc) is 3.44. The van der Waals surface area contributed by atoms with Crippen molar-refractivity contribution in [3.05, 3.63) is 35.9 Å². The molecule has 30 heavy (non-hydrogen) atoms. The van der Waals surface area contributed by atoms with E-state index in [1.807, 2.05) is 0 Å². The third kappa shape index (κ3) is 6.46. The Bertz CT molecular complexity index is 686. The zero-order valence-corrected chi connectivity index (χ0v) is 18.9. The summed E-state index contributed by atoms with van der Waals surface area (Å²) >= 11 is 0. The van der Waals surface area contributed by atoms with E-state index in [1.54, 1.807) is 0 Å². The number of guanidine groups is 1. The Kier molecular flexibility index (Phi) is 8.55. The van der Waals surface area contributed by atoms with E-state index in [9.17, 15) is 4.79 Å². The lowest BCUT2D eigenvalue weighted by molar-refractivity contribution is -0.134. The molecule has 2 N–H and O–H groups in total. The lowest BCUT2D eigenvalue weighted by atomic mass is 10.1. The first-order chi connectivity index (χ1) is 14.6. The highest BCUT2D eigenvalue weighted by Gasteiger charge is 2.32. The van der Waals surface area contributed by atoms with E-state index in [0.717, 1.165) is 57.9 Å². The first-order valence-electron chi connectivity index (χ1n) is 11.6. The van der Waals surface area contributed by atoms with Crippen molar-refractivity contribution < 1.29 is 4.79 Å². The lowest BCUT2D eigenvalue weighted by Gasteiger charge is -2.24. The first kappa shape index (κ1) is 22.6. The molecule has 6 nitrogen and oxygen atoms in total. The van der Waals surface area contributed by atoms with E-state index in [4.69, 9.17) is 4.99 Å². The molecule has 2 unspecified atom stereocenters. The maximum absolute atomic E-state index is 12.7. The number of benzene rings is 1. The summed E-state index contributed by atoms with van der Waals surface area (Å²) in [6.07, 6.45) is 5.56. The smallest absolute Gasteiger partial charge is 0.225 e. The van der Waals surface area contributed by atoms with Gasteiger partial charge >= 0.3 is 0 Å². The van der Waals surface area contributed by atoms with Gasteiger partial charge in [0, 0.05) is 44.2 Å². The minimum absolute atomic E-state index is 0.270. The van der Waals surface area contributed by atoms with Crippen molar-refractivity contribution in [2.45, 2.75) is 64.6 Å². The number of aliphatic imine (C=N–C) groups is 1. The molecule has 166 valence electrons. The van der Waals surface area contributed by atoms with Gasteiger partial charge in [-0.2, -0.15) is 0 Å². The minimum Gasteiger partial charge on any atom is -0.357 e.